The summed E-state index contributed by atoms with van der Waals surface area (Å²) in [5, 5.41) is 10.7. The molecule has 0 fully saturated rings. The van der Waals surface area contributed by atoms with Gasteiger partial charge < -0.3 is 34.5 Å². The maximum absolute atomic E-state index is 13.1. The topological polar surface area (TPSA) is 132 Å². The predicted molar refractivity (Wildman–Crippen MR) is 274 cm³/mol. The fourth-order valence-electron chi connectivity index (χ4n) is 7.54. The van der Waals surface area contributed by atoms with Crippen LogP contribution in [0.25, 0.3) is 21.5 Å². The Hall–Kier alpha value is -6.72. The molecule has 6 aromatic rings. The number of methoxy groups -OCH3 is 1. The van der Waals surface area contributed by atoms with Gasteiger partial charge in [-0.15, -0.1) is 0 Å². The minimum absolute atomic E-state index is 0.0944. The fraction of sp³-hybridized carbons (Fsp3) is 0.368. The highest BCUT2D eigenvalue weighted by Crippen LogP contribution is 2.30. The maximum atomic E-state index is 13.1. The first-order valence-corrected chi connectivity index (χ1v) is 24.0. The molecule has 11 nitrogen and oxygen atoms in total. The SMILES string of the molecule is CCCCOc1cc(C(=O)OC)ccc1NC(=O)[C@H](C)Cc1ccc2ccccc2c1.CCCCOc1cc(C(=O)OCCN(CC)CC)ccc1NC(=O)[C@H](C)Cc1ccc2ccccc2c1. The van der Waals surface area contributed by atoms with Crippen molar-refractivity contribution < 1.29 is 38.1 Å². The van der Waals surface area contributed by atoms with Gasteiger partial charge in [0.25, 0.3) is 0 Å². The standard InChI is InChI=1S/C31H40N2O4.C26H29NO4/c1-5-8-18-36-29-22-27(31(35)37-19-17-33(6-2)7-3)15-16-28(29)32-30(34)23(4)20-24-13-14-25-11-9-10-12-26(25)21-24;1-4-5-14-31-24-17-22(26(29)30-3)12-13-23(24)27-25(28)18(2)15-19-10-11-20-8-6-7-9-21(20)16-19/h9-16,21-23H,5-8,17-20H2,1-4H3,(H,32,34);6-13,16-18H,4-5,14-15H2,1-3H3,(H,27,28)/t23-;18-/m11/s1. The third kappa shape index (κ3) is 15.7. The maximum Gasteiger partial charge on any atom is 0.338 e. The van der Waals surface area contributed by atoms with Gasteiger partial charge in [0.1, 0.15) is 18.1 Å². The van der Waals surface area contributed by atoms with Gasteiger partial charge in [-0.3, -0.25) is 9.59 Å². The molecule has 2 N–H and O–H groups in total. The van der Waals surface area contributed by atoms with Crippen molar-refractivity contribution in [2.24, 2.45) is 11.8 Å². The number of likely N-dealkylation sites (N-methyl/N-ethyl adjacent to an activating group) is 1. The van der Waals surface area contributed by atoms with E-state index in [1.165, 1.54) is 23.3 Å². The molecule has 0 unspecified atom stereocenters. The van der Waals surface area contributed by atoms with Crippen LogP contribution in [0.3, 0.4) is 0 Å². The summed E-state index contributed by atoms with van der Waals surface area (Å²) in [7, 11) is 1.34. The highest BCUT2D eigenvalue weighted by atomic mass is 16.5. The van der Waals surface area contributed by atoms with Crippen molar-refractivity contribution in [3.8, 4) is 11.5 Å². The summed E-state index contributed by atoms with van der Waals surface area (Å²) in [5.41, 5.74) is 4.14. The van der Waals surface area contributed by atoms with Crippen molar-refractivity contribution in [3.63, 3.8) is 0 Å². The van der Waals surface area contributed by atoms with Crippen LogP contribution < -0.4 is 20.1 Å². The Morgan fingerprint density at radius 1 is 0.529 bits per heavy atom. The van der Waals surface area contributed by atoms with Gasteiger partial charge in [0, 0.05) is 18.4 Å². The van der Waals surface area contributed by atoms with Crippen molar-refractivity contribution in [1.82, 2.24) is 4.90 Å². The van der Waals surface area contributed by atoms with E-state index in [0.29, 0.717) is 73.2 Å². The Morgan fingerprint density at radius 2 is 0.971 bits per heavy atom. The van der Waals surface area contributed by atoms with E-state index in [2.05, 4.69) is 104 Å². The second-order valence-corrected chi connectivity index (χ2v) is 17.0. The zero-order valence-electron chi connectivity index (χ0n) is 40.9. The van der Waals surface area contributed by atoms with Crippen molar-refractivity contribution in [2.75, 3.05) is 57.2 Å². The average Bonchev–Trinajstić information content (AvgIpc) is 3.36. The molecule has 68 heavy (non-hydrogen) atoms. The summed E-state index contributed by atoms with van der Waals surface area (Å²) >= 11 is 0. The first-order chi connectivity index (χ1) is 33.0. The van der Waals surface area contributed by atoms with Gasteiger partial charge in [0.05, 0.1) is 42.8 Å². The summed E-state index contributed by atoms with van der Waals surface area (Å²) in [5.74, 6) is -0.542. The van der Waals surface area contributed by atoms with Gasteiger partial charge in [0.2, 0.25) is 11.8 Å². The Balaban J connectivity index is 0.000000258. The number of unbranched alkanes of at least 4 members (excludes halogenated alkanes) is 2. The average molecular weight is 924 g/mol. The summed E-state index contributed by atoms with van der Waals surface area (Å²) in [6.45, 7) is 16.0. The summed E-state index contributed by atoms with van der Waals surface area (Å²) in [4.78, 5) is 52.7. The lowest BCUT2D eigenvalue weighted by Gasteiger charge is -2.18. The second kappa shape index (κ2) is 27.2. The molecule has 0 aromatic heterocycles. The monoisotopic (exact) mass is 924 g/mol. The molecule has 0 saturated carbocycles. The Morgan fingerprint density at radius 3 is 1.40 bits per heavy atom. The van der Waals surface area contributed by atoms with Crippen LogP contribution in [-0.2, 0) is 31.9 Å². The van der Waals surface area contributed by atoms with Crippen LogP contribution >= 0.6 is 0 Å². The number of nitrogens with one attached hydrogen (secondary N) is 2. The minimum atomic E-state index is -0.442. The van der Waals surface area contributed by atoms with E-state index in [0.717, 1.165) is 55.3 Å². The molecule has 0 bridgehead atoms. The zero-order chi connectivity index (χ0) is 48.8. The van der Waals surface area contributed by atoms with E-state index in [1.807, 2.05) is 38.1 Å². The van der Waals surface area contributed by atoms with Gasteiger partial charge in [-0.05, 0) is 108 Å². The smallest absolute Gasteiger partial charge is 0.338 e. The molecule has 0 radical (unpaired) electrons. The number of anilines is 2. The van der Waals surface area contributed by atoms with Gasteiger partial charge in [0.15, 0.2) is 0 Å². The number of rotatable bonds is 23. The number of benzene rings is 6. The molecular weight excluding hydrogens is 855 g/mol. The number of hydrogen-bond donors (Lipinski definition) is 2. The normalized spacial score (nSPS) is 11.8. The van der Waals surface area contributed by atoms with E-state index >= 15 is 0 Å². The lowest BCUT2D eigenvalue weighted by Crippen LogP contribution is -2.28. The number of nitrogens with zero attached hydrogens (tertiary/aromatic N) is 1. The van der Waals surface area contributed by atoms with Gasteiger partial charge in [-0.2, -0.15) is 0 Å². The molecule has 0 aliphatic carbocycles. The Bertz CT molecular complexity index is 2590. The van der Waals surface area contributed by atoms with Crippen molar-refractivity contribution >= 4 is 56.7 Å². The van der Waals surface area contributed by atoms with Crippen LogP contribution in [0.15, 0.2) is 121 Å². The Kier molecular flexibility index (Phi) is 20.9. The van der Waals surface area contributed by atoms with Crippen LogP contribution in [-0.4, -0.2) is 75.2 Å². The first-order valence-electron chi connectivity index (χ1n) is 24.0. The van der Waals surface area contributed by atoms with E-state index in [1.54, 1.807) is 36.4 Å². The highest BCUT2D eigenvalue weighted by molar-refractivity contribution is 5.97. The van der Waals surface area contributed by atoms with Crippen molar-refractivity contribution in [1.29, 1.82) is 0 Å². The molecule has 0 saturated heterocycles. The second-order valence-electron chi connectivity index (χ2n) is 17.0. The number of fused-ring (bicyclic) bond motifs is 2. The number of carbonyl (C=O) groups excluding carboxylic acids is 4. The molecular formula is C57H69N3O8. The molecule has 0 aliphatic heterocycles. The predicted octanol–water partition coefficient (Wildman–Crippen LogP) is 12.0. The van der Waals surface area contributed by atoms with Gasteiger partial charge in [-0.25, -0.2) is 9.59 Å². The van der Waals surface area contributed by atoms with Crippen LogP contribution in [0.5, 0.6) is 11.5 Å². The van der Waals surface area contributed by atoms with Crippen molar-refractivity contribution in [3.05, 3.63) is 144 Å². The lowest BCUT2D eigenvalue weighted by molar-refractivity contribution is -0.120. The number of carbonyl (C=O) groups is 4. The van der Waals surface area contributed by atoms with Crippen LogP contribution in [0.2, 0.25) is 0 Å². The van der Waals surface area contributed by atoms with Crippen molar-refractivity contribution in [2.45, 2.75) is 80.1 Å². The van der Waals surface area contributed by atoms with E-state index < -0.39 is 11.9 Å². The summed E-state index contributed by atoms with van der Waals surface area (Å²) in [6.07, 6.45) is 4.99. The zero-order valence-corrected chi connectivity index (χ0v) is 40.9. The largest absolute Gasteiger partial charge is 0.491 e. The van der Waals surface area contributed by atoms with E-state index in [9.17, 15) is 19.2 Å². The molecule has 2 amide bonds. The molecule has 2 atom stereocenters. The summed E-state index contributed by atoms with van der Waals surface area (Å²) < 4.78 is 22.1. The number of ether oxygens (including phenoxy) is 4. The fourth-order valence-corrected chi connectivity index (χ4v) is 7.54. The lowest BCUT2D eigenvalue weighted by atomic mass is 9.97. The minimum Gasteiger partial charge on any atom is -0.491 e. The molecule has 11 heteroatoms. The Labute approximate surface area is 402 Å². The van der Waals surface area contributed by atoms with Crippen LogP contribution in [0.4, 0.5) is 11.4 Å². The van der Waals surface area contributed by atoms with E-state index in [-0.39, 0.29) is 23.7 Å². The third-order valence-electron chi connectivity index (χ3n) is 11.8. The van der Waals surface area contributed by atoms with Crippen LogP contribution in [0.1, 0.15) is 99.1 Å². The quantitative estimate of drug-likeness (QED) is 0.0476. The molecule has 0 heterocycles. The van der Waals surface area contributed by atoms with E-state index in [4.69, 9.17) is 18.9 Å². The molecule has 0 aliphatic rings. The molecule has 0 spiro atoms. The van der Waals surface area contributed by atoms with Crippen LogP contribution in [0, 0.1) is 11.8 Å². The summed E-state index contributed by atoms with van der Waals surface area (Å²) in [6, 6.07) is 39.0. The number of amides is 2. The van der Waals surface area contributed by atoms with Gasteiger partial charge >= 0.3 is 11.9 Å². The third-order valence-corrected chi connectivity index (χ3v) is 11.8. The highest BCUT2D eigenvalue weighted by Gasteiger charge is 2.20. The number of hydrogen-bond acceptors (Lipinski definition) is 9. The first kappa shape index (κ1) is 52.3. The van der Waals surface area contributed by atoms with Gasteiger partial charge in [-0.1, -0.05) is 139 Å². The molecule has 6 aromatic carbocycles. The molecule has 6 rings (SSSR count). The number of esters is 2. The molecule has 360 valence electrons.